The monoisotopic (exact) mass is 383 g/mol. The van der Waals surface area contributed by atoms with Gasteiger partial charge in [-0.1, -0.05) is 18.9 Å². The number of amides is 1. The quantitative estimate of drug-likeness (QED) is 0.766. The van der Waals surface area contributed by atoms with Crippen LogP contribution in [0.1, 0.15) is 36.1 Å². The Balaban J connectivity index is 2.27. The van der Waals surface area contributed by atoms with E-state index in [1.165, 1.54) is 14.2 Å². The summed E-state index contributed by atoms with van der Waals surface area (Å²) in [5, 5.41) is 9.57. The average molecular weight is 383 g/mol. The van der Waals surface area contributed by atoms with Crippen LogP contribution in [0.5, 0.6) is 11.5 Å². The maximum absolute atomic E-state index is 12.6. The Morgan fingerprint density at radius 3 is 2.31 bits per heavy atom. The second-order valence-corrected chi connectivity index (χ2v) is 7.84. The number of sulfone groups is 1. The van der Waals surface area contributed by atoms with E-state index in [0.717, 1.165) is 6.26 Å². The van der Waals surface area contributed by atoms with Gasteiger partial charge in [0.1, 0.15) is 6.04 Å². The summed E-state index contributed by atoms with van der Waals surface area (Å²) >= 11 is 0. The molecule has 1 N–H and O–H groups in total. The molecule has 0 unspecified atom stereocenters. The molecule has 1 aromatic heterocycles. The fourth-order valence-electron chi connectivity index (χ4n) is 2.21. The number of aromatic nitrogens is 2. The highest BCUT2D eigenvalue weighted by Gasteiger charge is 2.27. The number of hydrogen-bond acceptors (Lipinski definition) is 8. The molecule has 0 fully saturated rings. The van der Waals surface area contributed by atoms with Crippen LogP contribution in [-0.4, -0.2) is 45.0 Å². The zero-order chi connectivity index (χ0) is 19.5. The van der Waals surface area contributed by atoms with E-state index in [0.29, 0.717) is 17.1 Å². The second kappa shape index (κ2) is 7.73. The Hall–Kier alpha value is -2.62. The zero-order valence-electron chi connectivity index (χ0n) is 15.1. The van der Waals surface area contributed by atoms with Gasteiger partial charge >= 0.3 is 5.22 Å². The van der Waals surface area contributed by atoms with Crippen LogP contribution >= 0.6 is 0 Å². The summed E-state index contributed by atoms with van der Waals surface area (Å²) in [6.07, 6.45) is 0.969. The lowest BCUT2D eigenvalue weighted by molar-refractivity contribution is 0.0914. The van der Waals surface area contributed by atoms with E-state index in [1.807, 2.05) is 13.8 Å². The summed E-state index contributed by atoms with van der Waals surface area (Å²) in [5.41, 5.74) is 0.344. The van der Waals surface area contributed by atoms with Crippen LogP contribution in [0, 0.1) is 5.92 Å². The number of methoxy groups -OCH3 is 2. The predicted molar refractivity (Wildman–Crippen MR) is 92.0 cm³/mol. The van der Waals surface area contributed by atoms with Gasteiger partial charge in [-0.15, -0.1) is 5.10 Å². The van der Waals surface area contributed by atoms with Gasteiger partial charge in [0.15, 0.2) is 11.5 Å². The minimum atomic E-state index is -3.62. The van der Waals surface area contributed by atoms with Crippen molar-refractivity contribution >= 4 is 15.7 Å². The molecule has 0 radical (unpaired) electrons. The van der Waals surface area contributed by atoms with Gasteiger partial charge in [0.2, 0.25) is 15.7 Å². The van der Waals surface area contributed by atoms with E-state index in [4.69, 9.17) is 13.9 Å². The smallest absolute Gasteiger partial charge is 0.335 e. The number of rotatable bonds is 7. The lowest BCUT2D eigenvalue weighted by Gasteiger charge is -2.19. The van der Waals surface area contributed by atoms with Gasteiger partial charge in [-0.25, -0.2) is 8.42 Å². The molecule has 0 aliphatic rings. The summed E-state index contributed by atoms with van der Waals surface area (Å²) in [4.78, 5) is 12.6. The third-order valence-electron chi connectivity index (χ3n) is 3.60. The molecule has 142 valence electrons. The molecular weight excluding hydrogens is 362 g/mol. The molecule has 1 heterocycles. The first-order valence-electron chi connectivity index (χ1n) is 7.73. The summed E-state index contributed by atoms with van der Waals surface area (Å²) in [6.45, 7) is 3.67. The predicted octanol–water partition coefficient (Wildman–Crippen LogP) is 1.62. The van der Waals surface area contributed by atoms with Crippen molar-refractivity contribution in [3.05, 3.63) is 29.7 Å². The van der Waals surface area contributed by atoms with Crippen molar-refractivity contribution in [2.45, 2.75) is 25.1 Å². The molecule has 26 heavy (non-hydrogen) atoms. The SMILES string of the molecule is COc1ccc(C(=O)N[C@H](c2nnc(S(C)(=O)=O)o2)C(C)C)cc1OC. The van der Waals surface area contributed by atoms with Crippen LogP contribution in [0.25, 0.3) is 0 Å². The largest absolute Gasteiger partial charge is 0.493 e. The van der Waals surface area contributed by atoms with Crippen LogP contribution in [-0.2, 0) is 9.84 Å². The third kappa shape index (κ3) is 4.31. The summed E-state index contributed by atoms with van der Waals surface area (Å²) < 4.78 is 38.6. The number of nitrogens with one attached hydrogen (secondary N) is 1. The molecule has 10 heteroatoms. The molecule has 1 amide bonds. The van der Waals surface area contributed by atoms with Crippen LogP contribution in [0.15, 0.2) is 27.8 Å². The molecule has 1 aromatic carbocycles. The minimum absolute atomic E-state index is 0.0225. The number of carbonyl (C=O) groups is 1. The molecule has 0 spiro atoms. The average Bonchev–Trinajstić information content (AvgIpc) is 3.08. The number of carbonyl (C=O) groups excluding carboxylic acids is 1. The van der Waals surface area contributed by atoms with Crippen molar-refractivity contribution in [1.82, 2.24) is 15.5 Å². The highest BCUT2D eigenvalue weighted by Crippen LogP contribution is 2.28. The summed E-state index contributed by atoms with van der Waals surface area (Å²) in [5.74, 6) is 0.419. The Bertz CT molecular complexity index is 891. The Kier molecular flexibility index (Phi) is 5.86. The molecule has 0 bridgehead atoms. The van der Waals surface area contributed by atoms with E-state index in [1.54, 1.807) is 18.2 Å². The maximum Gasteiger partial charge on any atom is 0.335 e. The molecule has 1 atom stereocenters. The van der Waals surface area contributed by atoms with Crippen LogP contribution < -0.4 is 14.8 Å². The number of hydrogen-bond donors (Lipinski definition) is 1. The first-order chi connectivity index (χ1) is 12.2. The van der Waals surface area contributed by atoms with Gasteiger partial charge < -0.3 is 19.2 Å². The summed E-state index contributed by atoms with van der Waals surface area (Å²) in [6, 6.07) is 4.09. The van der Waals surface area contributed by atoms with Gasteiger partial charge in [0.25, 0.3) is 5.91 Å². The minimum Gasteiger partial charge on any atom is -0.493 e. The lowest BCUT2D eigenvalue weighted by Crippen LogP contribution is -2.32. The normalized spacial score (nSPS) is 12.7. The van der Waals surface area contributed by atoms with Gasteiger partial charge in [0, 0.05) is 11.8 Å². The first kappa shape index (κ1) is 19.7. The van der Waals surface area contributed by atoms with Crippen molar-refractivity contribution in [3.63, 3.8) is 0 Å². The molecule has 2 rings (SSSR count). The van der Waals surface area contributed by atoms with Crippen molar-refractivity contribution in [3.8, 4) is 11.5 Å². The van der Waals surface area contributed by atoms with E-state index in [-0.39, 0.29) is 11.8 Å². The van der Waals surface area contributed by atoms with Gasteiger partial charge in [-0.3, -0.25) is 4.79 Å². The van der Waals surface area contributed by atoms with E-state index in [2.05, 4.69) is 15.5 Å². The Morgan fingerprint density at radius 2 is 1.81 bits per heavy atom. The summed E-state index contributed by atoms with van der Waals surface area (Å²) in [7, 11) is -0.647. The number of ether oxygens (including phenoxy) is 2. The van der Waals surface area contributed by atoms with Crippen molar-refractivity contribution in [2.24, 2.45) is 5.92 Å². The highest BCUT2D eigenvalue weighted by molar-refractivity contribution is 7.90. The van der Waals surface area contributed by atoms with Crippen molar-refractivity contribution in [2.75, 3.05) is 20.5 Å². The zero-order valence-corrected chi connectivity index (χ0v) is 16.0. The molecular formula is C16H21N3O6S. The van der Waals surface area contributed by atoms with Crippen molar-refractivity contribution < 1.29 is 27.1 Å². The van der Waals surface area contributed by atoms with Crippen LogP contribution in [0.2, 0.25) is 0 Å². The Morgan fingerprint density at radius 1 is 1.15 bits per heavy atom. The highest BCUT2D eigenvalue weighted by atomic mass is 32.2. The maximum atomic E-state index is 12.6. The molecule has 2 aromatic rings. The molecule has 9 nitrogen and oxygen atoms in total. The molecule has 0 saturated heterocycles. The molecule has 0 aliphatic heterocycles. The topological polar surface area (TPSA) is 121 Å². The van der Waals surface area contributed by atoms with E-state index < -0.39 is 27.0 Å². The lowest BCUT2D eigenvalue weighted by atomic mass is 10.0. The second-order valence-electron chi connectivity index (χ2n) is 5.94. The first-order valence-corrected chi connectivity index (χ1v) is 9.62. The van der Waals surface area contributed by atoms with E-state index >= 15 is 0 Å². The Labute approximate surface area is 151 Å². The fraction of sp³-hybridized carbons (Fsp3) is 0.438. The fourth-order valence-corrected chi connectivity index (χ4v) is 2.64. The van der Waals surface area contributed by atoms with Crippen LogP contribution in [0.4, 0.5) is 0 Å². The number of nitrogens with zero attached hydrogens (tertiary/aromatic N) is 2. The van der Waals surface area contributed by atoms with Crippen molar-refractivity contribution in [1.29, 1.82) is 0 Å². The van der Waals surface area contributed by atoms with Gasteiger partial charge in [0.05, 0.1) is 14.2 Å². The number of benzene rings is 1. The third-order valence-corrected chi connectivity index (χ3v) is 4.40. The van der Waals surface area contributed by atoms with Gasteiger partial charge in [-0.2, -0.15) is 0 Å². The van der Waals surface area contributed by atoms with E-state index in [9.17, 15) is 13.2 Å². The van der Waals surface area contributed by atoms with Crippen LogP contribution in [0.3, 0.4) is 0 Å². The standard InChI is InChI=1S/C16H21N3O6S/c1-9(2)13(15-18-19-16(25-15)26(5,21)22)17-14(20)10-6-7-11(23-3)12(8-10)24-4/h6-9,13H,1-5H3,(H,17,20)/t13-/m0/s1. The van der Waals surface area contributed by atoms with Gasteiger partial charge in [-0.05, 0) is 24.1 Å². The molecule has 0 aliphatic carbocycles. The molecule has 0 saturated carbocycles.